The molecule has 2 aliphatic rings. The lowest BCUT2D eigenvalue weighted by atomic mass is 9.95. The van der Waals surface area contributed by atoms with Crippen LogP contribution in [0.1, 0.15) is 53.0 Å². The molecule has 5 aromatic rings. The largest absolute Gasteiger partial charge is 0.346 e. The van der Waals surface area contributed by atoms with E-state index in [0.717, 1.165) is 34.0 Å². The Morgan fingerprint density at radius 1 is 1.07 bits per heavy atom. The van der Waals surface area contributed by atoms with Crippen molar-refractivity contribution in [1.82, 2.24) is 25.1 Å². The zero-order chi connectivity index (χ0) is 30.0. The second kappa shape index (κ2) is 10.2. The maximum Gasteiger partial charge on any atom is 0.293 e. The quantitative estimate of drug-likeness (QED) is 0.190. The molecule has 2 aromatic carbocycles. The number of nitrogens with one attached hydrogen (secondary N) is 1. The highest BCUT2D eigenvalue weighted by atomic mass is 32.1. The van der Waals surface area contributed by atoms with E-state index in [0.29, 0.717) is 15.9 Å². The molecule has 1 amide bonds. The number of carbonyl (C=O) groups excluding carboxylic acids is 1. The molecule has 3 atom stereocenters. The van der Waals surface area contributed by atoms with E-state index in [1.54, 1.807) is 17.6 Å². The monoisotopic (exact) mass is 613 g/mol. The van der Waals surface area contributed by atoms with Crippen LogP contribution >= 0.6 is 11.3 Å². The fraction of sp³-hybridized carbons (Fsp3) is 0.267. The molecule has 0 radical (unpaired) electrons. The molecule has 0 aliphatic heterocycles. The number of pyridine rings is 1. The number of halogens is 6. The van der Waals surface area contributed by atoms with Gasteiger partial charge in [-0.25, -0.2) is 22.5 Å². The average molecular weight is 614 g/mol. The number of alkyl halides is 4. The molecule has 7 rings (SSSR count). The molecule has 3 heterocycles. The van der Waals surface area contributed by atoms with Gasteiger partial charge in [0.2, 0.25) is 5.91 Å². The third-order valence-corrected chi connectivity index (χ3v) is 8.78. The third-order valence-electron chi connectivity index (χ3n) is 7.97. The molecule has 13 heteroatoms. The molecule has 1 unspecified atom stereocenters. The molecule has 43 heavy (non-hydrogen) atoms. The summed E-state index contributed by atoms with van der Waals surface area (Å²) in [5, 5.41) is 6.46. The van der Waals surface area contributed by atoms with Crippen molar-refractivity contribution >= 4 is 27.5 Å². The second-order valence-corrected chi connectivity index (χ2v) is 11.6. The van der Waals surface area contributed by atoms with Crippen molar-refractivity contribution < 1.29 is 31.1 Å². The van der Waals surface area contributed by atoms with Gasteiger partial charge in [-0.2, -0.15) is 13.9 Å². The zero-order valence-corrected chi connectivity index (χ0v) is 22.9. The topological polar surface area (TPSA) is 72.7 Å². The SMILES string of the molecule is O=C(Cn1nc(C(F)F)c2c1C(F)(F)[C@@H]1CC21)N[C@@H](Cc1cc(F)cc(F)c1)c1ncccc1-c1ccc2scnc2c1. The van der Waals surface area contributed by atoms with Crippen LogP contribution in [0.4, 0.5) is 26.3 Å². The van der Waals surface area contributed by atoms with Gasteiger partial charge >= 0.3 is 0 Å². The van der Waals surface area contributed by atoms with E-state index >= 15 is 8.78 Å². The number of nitrogens with zero attached hydrogens (tertiary/aromatic N) is 4. The van der Waals surface area contributed by atoms with Gasteiger partial charge in [0.15, 0.2) is 0 Å². The van der Waals surface area contributed by atoms with Crippen molar-refractivity contribution in [3.8, 4) is 11.1 Å². The Hall–Kier alpha value is -4.26. The molecule has 1 N–H and O–H groups in total. The first-order chi connectivity index (χ1) is 20.6. The maximum atomic E-state index is 15.1. The van der Waals surface area contributed by atoms with Gasteiger partial charge in [0, 0.05) is 29.3 Å². The van der Waals surface area contributed by atoms with Crippen molar-refractivity contribution in [1.29, 1.82) is 0 Å². The summed E-state index contributed by atoms with van der Waals surface area (Å²) >= 11 is 1.47. The molecule has 0 spiro atoms. The van der Waals surface area contributed by atoms with Crippen LogP contribution in [0.25, 0.3) is 21.3 Å². The Labute approximate surface area is 244 Å². The highest BCUT2D eigenvalue weighted by Gasteiger charge is 2.67. The fourth-order valence-electron chi connectivity index (χ4n) is 6.10. The second-order valence-electron chi connectivity index (χ2n) is 10.8. The summed E-state index contributed by atoms with van der Waals surface area (Å²) in [5.41, 5.74) is 2.77. The summed E-state index contributed by atoms with van der Waals surface area (Å²) < 4.78 is 87.4. The van der Waals surface area contributed by atoms with Crippen LogP contribution in [-0.4, -0.2) is 25.7 Å². The minimum absolute atomic E-state index is 0.0963. The number of benzene rings is 2. The van der Waals surface area contributed by atoms with Gasteiger partial charge in [-0.15, -0.1) is 11.3 Å². The highest BCUT2D eigenvalue weighted by molar-refractivity contribution is 7.16. The van der Waals surface area contributed by atoms with E-state index in [1.165, 1.54) is 17.5 Å². The number of amides is 1. The summed E-state index contributed by atoms with van der Waals surface area (Å²) in [5.74, 6) is -7.61. The van der Waals surface area contributed by atoms with Crippen molar-refractivity contribution in [3.63, 3.8) is 0 Å². The molecule has 1 saturated carbocycles. The summed E-state index contributed by atoms with van der Waals surface area (Å²) in [6.07, 6.45) is -1.59. The third kappa shape index (κ3) is 4.85. The summed E-state index contributed by atoms with van der Waals surface area (Å²) in [6.45, 7) is -0.759. The minimum Gasteiger partial charge on any atom is -0.346 e. The Morgan fingerprint density at radius 3 is 2.63 bits per heavy atom. The summed E-state index contributed by atoms with van der Waals surface area (Å²) in [6, 6.07) is 11.0. The van der Waals surface area contributed by atoms with Gasteiger partial charge < -0.3 is 5.32 Å². The lowest BCUT2D eigenvalue weighted by molar-refractivity contribution is -0.123. The van der Waals surface area contributed by atoms with E-state index in [4.69, 9.17) is 0 Å². The van der Waals surface area contributed by atoms with E-state index in [2.05, 4.69) is 20.4 Å². The first-order valence-electron chi connectivity index (χ1n) is 13.4. The Morgan fingerprint density at radius 2 is 1.86 bits per heavy atom. The lowest BCUT2D eigenvalue weighted by Gasteiger charge is -2.22. The van der Waals surface area contributed by atoms with Gasteiger partial charge in [-0.05, 0) is 60.2 Å². The highest BCUT2D eigenvalue weighted by Crippen LogP contribution is 2.68. The molecule has 2 aliphatic carbocycles. The predicted octanol–water partition coefficient (Wildman–Crippen LogP) is 7.08. The van der Waals surface area contributed by atoms with Crippen LogP contribution < -0.4 is 5.32 Å². The van der Waals surface area contributed by atoms with Crippen LogP contribution in [0.2, 0.25) is 0 Å². The Kier molecular flexibility index (Phi) is 6.53. The van der Waals surface area contributed by atoms with Crippen LogP contribution in [0.3, 0.4) is 0 Å². The molecule has 0 saturated heterocycles. The number of thiazole rings is 1. The van der Waals surface area contributed by atoms with Crippen LogP contribution in [0, 0.1) is 17.6 Å². The molecule has 6 nitrogen and oxygen atoms in total. The van der Waals surface area contributed by atoms with Crippen LogP contribution in [0.15, 0.2) is 60.2 Å². The standard InChI is InChI=1S/C30H21F6N5OS/c31-16-6-14(7-17(32)10-16)8-22(26-18(2-1-5-37-26)15-3-4-23-21(9-15)38-13-43-23)39-24(42)12-41-28-25(27(40-41)29(33)34)19-11-20(19)30(28,35)36/h1-7,9-10,13,19-20,22,29H,8,11-12H2,(H,39,42)/t19?,20-,22+/m1/s1. The van der Waals surface area contributed by atoms with Crippen LogP contribution in [-0.2, 0) is 23.7 Å². The number of aromatic nitrogens is 4. The number of rotatable bonds is 8. The van der Waals surface area contributed by atoms with Gasteiger partial charge in [-0.1, -0.05) is 12.1 Å². The Bertz CT molecular complexity index is 1870. The molecule has 220 valence electrons. The van der Waals surface area contributed by atoms with E-state index in [-0.39, 0.29) is 24.0 Å². The number of fused-ring (bicyclic) bond motifs is 4. The van der Waals surface area contributed by atoms with Crippen LogP contribution in [0.5, 0.6) is 0 Å². The van der Waals surface area contributed by atoms with E-state index < -0.39 is 65.7 Å². The minimum atomic E-state index is -3.39. The molecular formula is C30H21F6N5OS. The number of carbonyl (C=O) groups is 1. The predicted molar refractivity (Wildman–Crippen MR) is 146 cm³/mol. The lowest BCUT2D eigenvalue weighted by Crippen LogP contribution is -2.35. The van der Waals surface area contributed by atoms with E-state index in [9.17, 15) is 22.4 Å². The summed E-state index contributed by atoms with van der Waals surface area (Å²) in [4.78, 5) is 22.2. The smallest absolute Gasteiger partial charge is 0.293 e. The fourth-order valence-corrected chi connectivity index (χ4v) is 6.76. The molecule has 0 bridgehead atoms. The average Bonchev–Trinajstić information content (AvgIpc) is 3.36. The zero-order valence-electron chi connectivity index (χ0n) is 22.1. The normalized spacial score (nSPS) is 19.0. The van der Waals surface area contributed by atoms with Gasteiger partial charge in [-0.3, -0.25) is 14.5 Å². The Balaban J connectivity index is 1.25. The van der Waals surface area contributed by atoms with Crippen molar-refractivity contribution in [2.45, 2.75) is 43.7 Å². The molecule has 3 aromatic heterocycles. The van der Waals surface area contributed by atoms with Gasteiger partial charge in [0.05, 0.1) is 27.5 Å². The van der Waals surface area contributed by atoms with Gasteiger partial charge in [0.1, 0.15) is 29.6 Å². The van der Waals surface area contributed by atoms with Crippen molar-refractivity contribution in [3.05, 3.63) is 100 Å². The first kappa shape index (κ1) is 27.6. The first-order valence-corrected chi connectivity index (χ1v) is 14.3. The van der Waals surface area contributed by atoms with Crippen molar-refractivity contribution in [2.75, 3.05) is 0 Å². The number of hydrogen-bond donors (Lipinski definition) is 1. The molecular weight excluding hydrogens is 592 g/mol. The van der Waals surface area contributed by atoms with Crippen molar-refractivity contribution in [2.24, 2.45) is 5.92 Å². The molecule has 1 fully saturated rings. The summed E-state index contributed by atoms with van der Waals surface area (Å²) in [7, 11) is 0. The number of hydrogen-bond acceptors (Lipinski definition) is 5. The van der Waals surface area contributed by atoms with E-state index in [1.807, 2.05) is 18.2 Å². The van der Waals surface area contributed by atoms with Gasteiger partial charge in [0.25, 0.3) is 12.3 Å². The maximum absolute atomic E-state index is 15.1.